The molecule has 0 heterocycles. The molecule has 0 saturated carbocycles. The van der Waals surface area contributed by atoms with Crippen LogP contribution in [0.15, 0.2) is 0 Å². The second-order valence-corrected chi connectivity index (χ2v) is 1.32. The molecule has 2 nitrogen and oxygen atoms in total. The van der Waals surface area contributed by atoms with E-state index in [0.717, 1.165) is 0 Å². The number of unbranched alkanes of at least 4 members (excludes halogenated alkanes) is 1. The van der Waals surface area contributed by atoms with Crippen LogP contribution < -0.4 is 5.73 Å². The van der Waals surface area contributed by atoms with Gasteiger partial charge in [0.1, 0.15) is 0 Å². The molecule has 9 heavy (non-hydrogen) atoms. The maximum Gasteiger partial charge on any atom is 0.0402 e. The summed E-state index contributed by atoms with van der Waals surface area (Å²) >= 11 is 0. The maximum atomic E-state index is 7.57. The Kier molecular flexibility index (Phi) is 78.9. The third-order valence-corrected chi connectivity index (χ3v) is 0.500. The van der Waals surface area contributed by atoms with Crippen LogP contribution in [0.25, 0.3) is 0 Å². The Hall–Kier alpha value is -0.0800. The van der Waals surface area contributed by atoms with E-state index in [-0.39, 0.29) is 6.61 Å². The van der Waals surface area contributed by atoms with Gasteiger partial charge in [-0.1, -0.05) is 26.7 Å². The minimum Gasteiger partial charge on any atom is -0.397 e. The summed E-state index contributed by atoms with van der Waals surface area (Å²) in [5.41, 5.74) is 4.50. The summed E-state index contributed by atoms with van der Waals surface area (Å²) in [5.74, 6) is 0. The van der Waals surface area contributed by atoms with Crippen LogP contribution in [-0.2, 0) is 0 Å². The van der Waals surface area contributed by atoms with Crippen LogP contribution in [0.1, 0.15) is 33.6 Å². The van der Waals surface area contributed by atoms with E-state index >= 15 is 0 Å². The van der Waals surface area contributed by atoms with Gasteiger partial charge in [0, 0.05) is 6.61 Å². The van der Waals surface area contributed by atoms with Crippen molar-refractivity contribution in [2.45, 2.75) is 33.6 Å². The lowest BCUT2D eigenvalue weighted by Gasteiger charge is -1.68. The first-order valence-corrected chi connectivity index (χ1v) is 3.51. The third kappa shape index (κ3) is 328. The average Bonchev–Trinajstić information content (AvgIpc) is 1.94. The van der Waals surface area contributed by atoms with Crippen molar-refractivity contribution in [2.24, 2.45) is 5.73 Å². The molecule has 0 aliphatic rings. The summed E-state index contributed by atoms with van der Waals surface area (Å²) in [6.45, 7) is 6.29. The van der Waals surface area contributed by atoms with E-state index in [2.05, 4.69) is 19.6 Å². The molecule has 0 atom stereocenters. The van der Waals surface area contributed by atoms with Crippen LogP contribution in [0.2, 0.25) is 0 Å². The Labute approximate surface area is 59.1 Å². The van der Waals surface area contributed by atoms with Gasteiger partial charge in [-0.15, -0.1) is 0 Å². The summed E-state index contributed by atoms with van der Waals surface area (Å²) < 4.78 is 0. The van der Waals surface area contributed by atoms with Crippen LogP contribution in [0.5, 0.6) is 0 Å². The molecule has 0 spiro atoms. The fourth-order valence-corrected chi connectivity index (χ4v) is 0. The molecule has 0 amide bonds. The van der Waals surface area contributed by atoms with Gasteiger partial charge in [0.15, 0.2) is 0 Å². The van der Waals surface area contributed by atoms with Crippen molar-refractivity contribution in [2.75, 3.05) is 13.7 Å². The summed E-state index contributed by atoms with van der Waals surface area (Å²) in [6, 6.07) is 0. The van der Waals surface area contributed by atoms with E-state index < -0.39 is 0 Å². The van der Waals surface area contributed by atoms with Gasteiger partial charge in [-0.05, 0) is 14.0 Å². The van der Waals surface area contributed by atoms with Gasteiger partial charge in [0.2, 0.25) is 0 Å². The molecule has 0 aromatic carbocycles. The molecule has 0 aliphatic heterocycles. The van der Waals surface area contributed by atoms with Gasteiger partial charge in [0.25, 0.3) is 0 Å². The number of hydrogen-bond acceptors (Lipinski definition) is 2. The summed E-state index contributed by atoms with van der Waals surface area (Å²) in [6.07, 6.45) is 2.64. The highest BCUT2D eigenvalue weighted by Crippen LogP contribution is 1.76. The molecule has 0 bridgehead atoms. The molecule has 3 N–H and O–H groups in total. The van der Waals surface area contributed by atoms with Crippen molar-refractivity contribution in [3.63, 3.8) is 0 Å². The number of nitrogens with two attached hydrogens (primary N) is 1. The first-order chi connectivity index (χ1) is 4.33. The van der Waals surface area contributed by atoms with Crippen molar-refractivity contribution >= 4 is 0 Å². The second kappa shape index (κ2) is 44.5. The van der Waals surface area contributed by atoms with E-state index in [1.54, 1.807) is 6.92 Å². The average molecular weight is 135 g/mol. The molecule has 0 aromatic rings. The topological polar surface area (TPSA) is 46.2 Å². The Morgan fingerprint density at radius 3 is 1.11 bits per heavy atom. The van der Waals surface area contributed by atoms with E-state index in [0.29, 0.717) is 0 Å². The summed E-state index contributed by atoms with van der Waals surface area (Å²) in [7, 11) is 1.50. The fraction of sp³-hybridized carbons (Fsp3) is 1.00. The highest BCUT2D eigenvalue weighted by molar-refractivity contribution is 4.12. The summed E-state index contributed by atoms with van der Waals surface area (Å²) in [4.78, 5) is 0. The lowest BCUT2D eigenvalue weighted by Crippen LogP contribution is -1.69. The van der Waals surface area contributed by atoms with Gasteiger partial charge < -0.3 is 10.8 Å². The lowest BCUT2D eigenvalue weighted by molar-refractivity contribution is 0.318. The predicted molar refractivity (Wildman–Crippen MR) is 43.5 cm³/mol. The Morgan fingerprint density at radius 2 is 1.11 bits per heavy atom. The Bertz CT molecular complexity index is 16.4. The third-order valence-electron chi connectivity index (χ3n) is 0.500. The minimum absolute atomic E-state index is 0.250. The molecule has 0 fully saturated rings. The molecule has 0 aliphatic carbocycles. The van der Waals surface area contributed by atoms with Gasteiger partial charge in [-0.2, -0.15) is 0 Å². The van der Waals surface area contributed by atoms with Gasteiger partial charge in [0.05, 0.1) is 0 Å². The first-order valence-electron chi connectivity index (χ1n) is 3.51. The van der Waals surface area contributed by atoms with Crippen molar-refractivity contribution < 1.29 is 5.11 Å². The lowest BCUT2D eigenvalue weighted by atomic mass is 10.4. The van der Waals surface area contributed by atoms with Gasteiger partial charge in [-0.3, -0.25) is 0 Å². The molecular weight excluding hydrogens is 114 g/mol. The second-order valence-electron chi connectivity index (χ2n) is 1.32. The normalized spacial score (nSPS) is 6.00. The van der Waals surface area contributed by atoms with Crippen molar-refractivity contribution in [3.8, 4) is 0 Å². The van der Waals surface area contributed by atoms with Gasteiger partial charge in [-0.25, -0.2) is 0 Å². The van der Waals surface area contributed by atoms with Crippen LogP contribution in [0, 0.1) is 0 Å². The predicted octanol–water partition coefficient (Wildman–Crippen LogP) is 1.38. The highest BCUT2D eigenvalue weighted by Gasteiger charge is 1.56. The van der Waals surface area contributed by atoms with Crippen molar-refractivity contribution in [3.05, 3.63) is 0 Å². The SMILES string of the molecule is CCCC.CCO.CN. The number of hydrogen-bond donors (Lipinski definition) is 2. The standard InChI is InChI=1S/C4H10.C2H6O.CH5N/c1-3-4-2;1-2-3;1-2/h3-4H2,1-2H3;3H,2H2,1H3;2H2,1H3. The zero-order chi connectivity index (χ0) is 8.12. The van der Waals surface area contributed by atoms with E-state index in [9.17, 15) is 0 Å². The van der Waals surface area contributed by atoms with Crippen LogP contribution >= 0.6 is 0 Å². The molecule has 0 saturated heterocycles. The fourth-order valence-electron chi connectivity index (χ4n) is 0. The first kappa shape index (κ1) is 16.0. The monoisotopic (exact) mass is 135 g/mol. The molecule has 0 aromatic heterocycles. The maximum absolute atomic E-state index is 7.57. The van der Waals surface area contributed by atoms with Crippen LogP contribution in [-0.4, -0.2) is 18.8 Å². The highest BCUT2D eigenvalue weighted by atomic mass is 16.2. The van der Waals surface area contributed by atoms with Crippen LogP contribution in [0.4, 0.5) is 0 Å². The largest absolute Gasteiger partial charge is 0.397 e. The molecule has 2 heteroatoms. The van der Waals surface area contributed by atoms with Crippen LogP contribution in [0.3, 0.4) is 0 Å². The van der Waals surface area contributed by atoms with Gasteiger partial charge >= 0.3 is 0 Å². The number of aliphatic hydroxyl groups excluding tert-OH is 1. The smallest absolute Gasteiger partial charge is 0.0402 e. The zero-order valence-corrected chi connectivity index (χ0v) is 7.15. The number of rotatable bonds is 1. The van der Waals surface area contributed by atoms with Crippen molar-refractivity contribution in [1.82, 2.24) is 0 Å². The van der Waals surface area contributed by atoms with E-state index in [1.807, 2.05) is 0 Å². The molecule has 60 valence electrons. The Morgan fingerprint density at radius 1 is 1.00 bits per heavy atom. The minimum atomic E-state index is 0.250. The molecule has 0 rings (SSSR count). The quantitative estimate of drug-likeness (QED) is 0.570. The summed E-state index contributed by atoms with van der Waals surface area (Å²) in [5, 5.41) is 7.57. The van der Waals surface area contributed by atoms with Crippen molar-refractivity contribution in [1.29, 1.82) is 0 Å². The van der Waals surface area contributed by atoms with E-state index in [1.165, 1.54) is 19.9 Å². The van der Waals surface area contributed by atoms with E-state index in [4.69, 9.17) is 5.11 Å². The molecular formula is C7H21NO. The zero-order valence-electron chi connectivity index (χ0n) is 7.15. The molecule has 0 unspecified atom stereocenters. The molecule has 0 radical (unpaired) electrons. The number of aliphatic hydroxyl groups is 1. The Balaban J connectivity index is -0.0000000646.